The lowest BCUT2D eigenvalue weighted by Gasteiger charge is -2.59. The highest BCUT2D eigenvalue weighted by molar-refractivity contribution is 6.32. The predicted octanol–water partition coefficient (Wildman–Crippen LogP) is 4.92. The largest absolute Gasteiger partial charge is 0.437 e. The van der Waals surface area contributed by atoms with Gasteiger partial charge >= 0.3 is 6.03 Å². The molecule has 180 valence electrons. The maximum atomic E-state index is 12.9. The number of rotatable bonds is 5. The Morgan fingerprint density at radius 2 is 1.83 bits per heavy atom. The number of benzene rings is 1. The fourth-order valence-corrected chi connectivity index (χ4v) is 5.89. The van der Waals surface area contributed by atoms with Gasteiger partial charge < -0.3 is 14.5 Å². The summed E-state index contributed by atoms with van der Waals surface area (Å²) in [7, 11) is 0. The standard InChI is InChI=1S/C26H27ClN6O2/c27-20-3-1-2-4-21(20)35-22-8-7-17(11-28-22)19-12-32(13-19)25(34)33-14-26(15-33)9-18(10-26)24-29-23(30-31-24)16-5-6-16/h1-4,7-8,11,16,18-19H,5-6,9-10,12-15H2,(H,29,30,31). The minimum atomic E-state index is 0.163. The maximum Gasteiger partial charge on any atom is 0.320 e. The Hall–Kier alpha value is -3.13. The third kappa shape index (κ3) is 3.84. The lowest BCUT2D eigenvalue weighted by molar-refractivity contribution is -0.0601. The van der Waals surface area contributed by atoms with Crippen molar-refractivity contribution in [3.63, 3.8) is 0 Å². The Bertz CT molecular complexity index is 1250. The van der Waals surface area contributed by atoms with Gasteiger partial charge in [-0.3, -0.25) is 5.10 Å². The molecule has 2 aliphatic carbocycles. The molecule has 2 aromatic heterocycles. The van der Waals surface area contributed by atoms with E-state index in [2.05, 4.69) is 15.2 Å². The van der Waals surface area contributed by atoms with E-state index in [0.29, 0.717) is 34.4 Å². The number of halogens is 1. The van der Waals surface area contributed by atoms with Gasteiger partial charge in [-0.05, 0) is 43.4 Å². The molecular weight excluding hydrogens is 464 g/mol. The van der Waals surface area contributed by atoms with Crippen molar-refractivity contribution in [2.75, 3.05) is 26.2 Å². The number of para-hydroxylation sites is 1. The number of urea groups is 1. The molecule has 9 heteroatoms. The van der Waals surface area contributed by atoms with Gasteiger partial charge in [-0.15, -0.1) is 0 Å². The predicted molar refractivity (Wildman–Crippen MR) is 130 cm³/mol. The van der Waals surface area contributed by atoms with Crippen LogP contribution in [0.4, 0.5) is 4.79 Å². The van der Waals surface area contributed by atoms with Crippen molar-refractivity contribution < 1.29 is 9.53 Å². The second-order valence-electron chi connectivity index (χ2n) is 10.7. The van der Waals surface area contributed by atoms with Crippen molar-refractivity contribution in [2.24, 2.45) is 5.41 Å². The van der Waals surface area contributed by atoms with Gasteiger partial charge in [0.1, 0.15) is 11.6 Å². The van der Waals surface area contributed by atoms with E-state index in [9.17, 15) is 4.79 Å². The van der Waals surface area contributed by atoms with E-state index in [-0.39, 0.29) is 11.4 Å². The van der Waals surface area contributed by atoms with Crippen LogP contribution in [0.1, 0.15) is 60.6 Å². The Balaban J connectivity index is 0.877. The van der Waals surface area contributed by atoms with Gasteiger partial charge in [-0.25, -0.2) is 14.8 Å². The third-order valence-corrected chi connectivity index (χ3v) is 8.28. The molecule has 0 atom stereocenters. The lowest BCUT2D eigenvalue weighted by atomic mass is 9.57. The Morgan fingerprint density at radius 1 is 1.03 bits per heavy atom. The van der Waals surface area contributed by atoms with Crippen LogP contribution in [0, 0.1) is 5.41 Å². The highest BCUT2D eigenvalue weighted by Gasteiger charge is 2.56. The van der Waals surface area contributed by atoms with Crippen LogP contribution in [0.15, 0.2) is 42.6 Å². The van der Waals surface area contributed by atoms with E-state index < -0.39 is 0 Å². The van der Waals surface area contributed by atoms with E-state index in [1.54, 1.807) is 6.07 Å². The molecule has 3 aromatic rings. The Labute approximate surface area is 208 Å². The van der Waals surface area contributed by atoms with Crippen molar-refractivity contribution in [1.29, 1.82) is 0 Å². The number of aromatic nitrogens is 4. The van der Waals surface area contributed by atoms with Gasteiger partial charge in [0.15, 0.2) is 5.82 Å². The summed E-state index contributed by atoms with van der Waals surface area (Å²) in [5.74, 6) is 4.51. The molecule has 4 aliphatic rings. The van der Waals surface area contributed by atoms with Crippen molar-refractivity contribution in [2.45, 2.75) is 43.4 Å². The molecule has 0 radical (unpaired) electrons. The van der Waals surface area contributed by atoms with E-state index in [4.69, 9.17) is 21.3 Å². The fraction of sp³-hybridized carbons (Fsp3) is 0.462. The summed E-state index contributed by atoms with van der Waals surface area (Å²) in [4.78, 5) is 26.0. The maximum absolute atomic E-state index is 12.9. The minimum absolute atomic E-state index is 0.163. The van der Waals surface area contributed by atoms with Gasteiger partial charge in [0, 0.05) is 61.6 Å². The molecule has 4 fully saturated rings. The molecule has 0 unspecified atom stereocenters. The molecule has 1 N–H and O–H groups in total. The van der Waals surface area contributed by atoms with E-state index >= 15 is 0 Å². The second-order valence-corrected chi connectivity index (χ2v) is 11.1. The van der Waals surface area contributed by atoms with Gasteiger partial charge in [0.2, 0.25) is 5.88 Å². The number of nitrogens with zero attached hydrogens (tertiary/aromatic N) is 5. The molecule has 2 amide bonds. The molecule has 4 heterocycles. The summed E-state index contributed by atoms with van der Waals surface area (Å²) in [6.45, 7) is 3.19. The number of ether oxygens (including phenoxy) is 1. The first-order chi connectivity index (χ1) is 17.1. The number of hydrogen-bond donors (Lipinski definition) is 1. The van der Waals surface area contributed by atoms with Gasteiger partial charge in [0.25, 0.3) is 0 Å². The molecule has 2 saturated carbocycles. The van der Waals surface area contributed by atoms with E-state index in [1.165, 1.54) is 12.8 Å². The van der Waals surface area contributed by atoms with Crippen molar-refractivity contribution >= 4 is 17.6 Å². The van der Waals surface area contributed by atoms with Crippen LogP contribution in [-0.4, -0.2) is 62.2 Å². The van der Waals surface area contributed by atoms with Crippen LogP contribution in [-0.2, 0) is 0 Å². The lowest BCUT2D eigenvalue weighted by Crippen LogP contribution is -2.67. The summed E-state index contributed by atoms with van der Waals surface area (Å²) >= 11 is 6.15. The topological polar surface area (TPSA) is 87.2 Å². The van der Waals surface area contributed by atoms with Crippen LogP contribution in [0.3, 0.4) is 0 Å². The van der Waals surface area contributed by atoms with Crippen LogP contribution < -0.4 is 4.74 Å². The van der Waals surface area contributed by atoms with Crippen molar-refractivity contribution in [3.05, 3.63) is 64.8 Å². The molecule has 35 heavy (non-hydrogen) atoms. The first-order valence-corrected chi connectivity index (χ1v) is 12.8. The average molecular weight is 491 g/mol. The molecule has 2 saturated heterocycles. The zero-order chi connectivity index (χ0) is 23.6. The molecule has 1 spiro atoms. The third-order valence-electron chi connectivity index (χ3n) is 7.96. The number of hydrogen-bond acceptors (Lipinski definition) is 5. The van der Waals surface area contributed by atoms with Crippen LogP contribution in [0.25, 0.3) is 0 Å². The van der Waals surface area contributed by atoms with Crippen LogP contribution in [0.5, 0.6) is 11.6 Å². The number of H-pyrrole nitrogens is 1. The normalized spacial score (nSPS) is 21.4. The number of amides is 2. The summed E-state index contributed by atoms with van der Waals surface area (Å²) in [6.07, 6.45) is 6.49. The highest BCUT2D eigenvalue weighted by atomic mass is 35.5. The first kappa shape index (κ1) is 21.2. The first-order valence-electron chi connectivity index (χ1n) is 12.4. The number of pyridine rings is 1. The number of aromatic amines is 1. The number of carbonyl (C=O) groups is 1. The molecule has 1 aromatic carbocycles. The minimum Gasteiger partial charge on any atom is -0.437 e. The molecule has 8 nitrogen and oxygen atoms in total. The summed E-state index contributed by atoms with van der Waals surface area (Å²) in [5.41, 5.74) is 1.41. The number of likely N-dealkylation sites (tertiary alicyclic amines) is 2. The monoisotopic (exact) mass is 490 g/mol. The van der Waals surface area contributed by atoms with E-state index in [1.807, 2.05) is 46.3 Å². The Morgan fingerprint density at radius 3 is 2.54 bits per heavy atom. The van der Waals surface area contributed by atoms with Gasteiger partial charge in [-0.2, -0.15) is 5.10 Å². The zero-order valence-electron chi connectivity index (χ0n) is 19.4. The fourth-order valence-electron chi connectivity index (χ4n) is 5.71. The van der Waals surface area contributed by atoms with Crippen LogP contribution in [0.2, 0.25) is 5.02 Å². The Kier molecular flexibility index (Phi) is 4.81. The van der Waals surface area contributed by atoms with Crippen molar-refractivity contribution in [3.8, 4) is 11.6 Å². The SMILES string of the molecule is O=C(N1CC(c2ccc(Oc3ccccc3Cl)nc2)C1)N1CC2(CC(c3n[nH]c(C4CC4)n3)C2)C1. The summed E-state index contributed by atoms with van der Waals surface area (Å²) in [6, 6.07) is 11.4. The highest BCUT2D eigenvalue weighted by Crippen LogP contribution is 2.56. The number of nitrogens with one attached hydrogen (secondary N) is 1. The van der Waals surface area contributed by atoms with Gasteiger partial charge in [0.05, 0.1) is 5.02 Å². The smallest absolute Gasteiger partial charge is 0.320 e. The average Bonchev–Trinajstić information content (AvgIpc) is 3.51. The van der Waals surface area contributed by atoms with Gasteiger partial charge in [-0.1, -0.05) is 29.8 Å². The molecule has 0 bridgehead atoms. The second kappa shape index (κ2) is 7.95. The quantitative estimate of drug-likeness (QED) is 0.548. The zero-order valence-corrected chi connectivity index (χ0v) is 20.1. The summed E-state index contributed by atoms with van der Waals surface area (Å²) in [5, 5.41) is 8.13. The molecule has 7 rings (SSSR count). The number of carbonyl (C=O) groups excluding carboxylic acids is 1. The summed E-state index contributed by atoms with van der Waals surface area (Å²) < 4.78 is 5.77. The van der Waals surface area contributed by atoms with Crippen LogP contribution >= 0.6 is 11.6 Å². The van der Waals surface area contributed by atoms with E-state index in [0.717, 1.165) is 56.2 Å². The van der Waals surface area contributed by atoms with Crippen molar-refractivity contribution in [1.82, 2.24) is 30.0 Å². The molecular formula is C26H27ClN6O2. The molecule has 2 aliphatic heterocycles.